The van der Waals surface area contributed by atoms with Gasteiger partial charge in [0.05, 0.1) is 30.4 Å². The van der Waals surface area contributed by atoms with Crippen molar-refractivity contribution in [2.45, 2.75) is 19.8 Å². The Morgan fingerprint density at radius 3 is 2.55 bits per heavy atom. The quantitative estimate of drug-likeness (QED) is 0.358. The Hall–Kier alpha value is -3.43. The molecule has 0 spiro atoms. The van der Waals surface area contributed by atoms with Crippen LogP contribution in [-0.2, 0) is 9.47 Å². The maximum absolute atomic E-state index is 7.84. The minimum Gasteiger partial charge on any atom is -0.390 e. The summed E-state index contributed by atoms with van der Waals surface area (Å²) < 4.78 is 10.5. The van der Waals surface area contributed by atoms with Crippen LogP contribution in [0.2, 0.25) is 0 Å². The minimum atomic E-state index is 0.213. The third-order valence-electron chi connectivity index (χ3n) is 5.09. The molecule has 9 heteroatoms. The lowest BCUT2D eigenvalue weighted by Crippen LogP contribution is -2.26. The fourth-order valence-electron chi connectivity index (χ4n) is 3.31. The van der Waals surface area contributed by atoms with Crippen LogP contribution in [0.3, 0.4) is 0 Å². The van der Waals surface area contributed by atoms with Crippen LogP contribution >= 0.6 is 0 Å². The Bertz CT molecular complexity index is 1100. The van der Waals surface area contributed by atoms with Crippen molar-refractivity contribution in [1.82, 2.24) is 25.5 Å². The number of rotatable bonds is 12. The zero-order valence-corrected chi connectivity index (χ0v) is 19.5. The van der Waals surface area contributed by atoms with Gasteiger partial charge in [0.1, 0.15) is 5.82 Å². The van der Waals surface area contributed by atoms with Gasteiger partial charge in [-0.15, -0.1) is 5.10 Å². The lowest BCUT2D eigenvalue weighted by Gasteiger charge is -2.15. The number of anilines is 2. The molecule has 3 aromatic rings. The van der Waals surface area contributed by atoms with Crippen LogP contribution < -0.4 is 10.6 Å². The van der Waals surface area contributed by atoms with Gasteiger partial charge in [-0.25, -0.2) is 4.98 Å². The van der Waals surface area contributed by atoms with Crippen molar-refractivity contribution >= 4 is 34.5 Å². The van der Waals surface area contributed by atoms with Gasteiger partial charge in [-0.05, 0) is 35.7 Å². The summed E-state index contributed by atoms with van der Waals surface area (Å²) in [6, 6.07) is 7.66. The number of ether oxygens (including phenoxy) is 2. The molecule has 0 bridgehead atoms. The van der Waals surface area contributed by atoms with Crippen LogP contribution in [-0.4, -0.2) is 60.4 Å². The summed E-state index contributed by atoms with van der Waals surface area (Å²) in [7, 11) is 3.35. The van der Waals surface area contributed by atoms with E-state index in [0.29, 0.717) is 42.9 Å². The van der Waals surface area contributed by atoms with Crippen molar-refractivity contribution in [2.24, 2.45) is 5.92 Å². The lowest BCUT2D eigenvalue weighted by molar-refractivity contribution is 0.0860. The number of hydrogen-bond donors (Lipinski definition) is 3. The molecule has 9 nitrogen and oxygen atoms in total. The highest BCUT2D eigenvalue weighted by molar-refractivity contribution is 6.08. The fraction of sp³-hybridized carbons (Fsp3) is 0.375. The predicted molar refractivity (Wildman–Crippen MR) is 131 cm³/mol. The molecular formula is C24H31N7O2. The lowest BCUT2D eigenvalue weighted by atomic mass is 10.1. The summed E-state index contributed by atoms with van der Waals surface area (Å²) in [6.07, 6.45) is 6.62. The van der Waals surface area contributed by atoms with Crippen molar-refractivity contribution in [3.63, 3.8) is 0 Å². The molecule has 0 fully saturated rings. The molecule has 0 unspecified atom stereocenters. The van der Waals surface area contributed by atoms with E-state index in [9.17, 15) is 0 Å². The second-order valence-electron chi connectivity index (χ2n) is 8.04. The highest BCUT2D eigenvalue weighted by atomic mass is 16.5. The number of methoxy groups -OCH3 is 2. The first-order chi connectivity index (χ1) is 16.0. The topological polar surface area (TPSA) is 118 Å². The van der Waals surface area contributed by atoms with Gasteiger partial charge in [-0.3, -0.25) is 4.98 Å². The molecule has 174 valence electrons. The number of fused-ring (bicyclic) bond motifs is 1. The Labute approximate surface area is 194 Å². The van der Waals surface area contributed by atoms with Gasteiger partial charge >= 0.3 is 0 Å². The highest BCUT2D eigenvalue weighted by Gasteiger charge is 2.09. The van der Waals surface area contributed by atoms with Crippen LogP contribution in [0.25, 0.3) is 16.6 Å². The molecule has 0 saturated carbocycles. The number of allylic oxidation sites excluding steroid dienone is 1. The number of nitrogens with zero attached hydrogens (tertiary/aromatic N) is 4. The Kier molecular flexibility index (Phi) is 8.79. The molecule has 0 aromatic carbocycles. The van der Waals surface area contributed by atoms with Gasteiger partial charge in [0.25, 0.3) is 0 Å². The van der Waals surface area contributed by atoms with E-state index in [4.69, 9.17) is 14.9 Å². The van der Waals surface area contributed by atoms with Crippen molar-refractivity contribution in [2.75, 3.05) is 39.3 Å². The summed E-state index contributed by atoms with van der Waals surface area (Å²) in [6.45, 7) is 6.08. The first-order valence-corrected chi connectivity index (χ1v) is 10.8. The van der Waals surface area contributed by atoms with Crippen LogP contribution in [0.5, 0.6) is 0 Å². The van der Waals surface area contributed by atoms with Crippen LogP contribution in [0.15, 0.2) is 42.9 Å². The van der Waals surface area contributed by atoms with Gasteiger partial charge in [-0.2, -0.15) is 5.10 Å². The summed E-state index contributed by atoms with van der Waals surface area (Å²) in [4.78, 5) is 9.19. The van der Waals surface area contributed by atoms with Crippen molar-refractivity contribution in [3.8, 4) is 0 Å². The van der Waals surface area contributed by atoms with Gasteiger partial charge < -0.3 is 25.5 Å². The summed E-state index contributed by atoms with van der Waals surface area (Å²) in [5.74, 6) is 1.86. The van der Waals surface area contributed by atoms with E-state index in [2.05, 4.69) is 44.6 Å². The number of hydrogen-bond acceptors (Lipinski definition) is 9. The zero-order valence-electron chi connectivity index (χ0n) is 19.5. The molecule has 0 radical (unpaired) electrons. The summed E-state index contributed by atoms with van der Waals surface area (Å²) in [5.41, 5.74) is 4.09. The molecular weight excluding hydrogens is 418 g/mol. The molecule has 3 rings (SSSR count). The molecule has 3 N–H and O–H groups in total. The molecule has 0 aliphatic rings. The molecule has 0 saturated heterocycles. The van der Waals surface area contributed by atoms with Crippen molar-refractivity contribution in [1.29, 1.82) is 5.41 Å². The average Bonchev–Trinajstić information content (AvgIpc) is 2.82. The number of aromatic nitrogens is 4. The summed E-state index contributed by atoms with van der Waals surface area (Å²) >= 11 is 0. The van der Waals surface area contributed by atoms with Crippen LogP contribution in [0, 0.1) is 11.3 Å². The second-order valence-corrected chi connectivity index (χ2v) is 8.04. The SMILES string of the molecule is COCC(CN/C=C(\C=N)c1cnc2ccc(Nc3cc(C(C)C)cnn3)nc2c1)COC. The molecule has 33 heavy (non-hydrogen) atoms. The van der Waals surface area contributed by atoms with Crippen molar-refractivity contribution in [3.05, 3.63) is 54.0 Å². The smallest absolute Gasteiger partial charge is 0.154 e. The highest BCUT2D eigenvalue weighted by Crippen LogP contribution is 2.21. The number of nitrogens with one attached hydrogen (secondary N) is 3. The van der Waals surface area contributed by atoms with E-state index in [-0.39, 0.29) is 5.92 Å². The third kappa shape index (κ3) is 6.77. The zero-order chi connectivity index (χ0) is 23.6. The Morgan fingerprint density at radius 1 is 1.06 bits per heavy atom. The first-order valence-electron chi connectivity index (χ1n) is 10.8. The standard InChI is InChI=1S/C24H31N7O2/c1-16(2)18-8-24(31-28-13-18)30-23-6-5-21-22(29-23)7-19(12-27-21)20(9-25)11-26-10-17(14-32-3)15-33-4/h5-9,11-13,16-17,25-26H,10,14-15H2,1-4H3,(H,29,30,31)/b20-11+,25-9?. The van der Waals surface area contributed by atoms with E-state index in [0.717, 1.165) is 22.2 Å². The first kappa shape index (κ1) is 24.2. The second kappa shape index (κ2) is 12.0. The average molecular weight is 450 g/mol. The fourth-order valence-corrected chi connectivity index (χ4v) is 3.31. The largest absolute Gasteiger partial charge is 0.390 e. The van der Waals surface area contributed by atoms with Gasteiger partial charge in [0.2, 0.25) is 0 Å². The third-order valence-corrected chi connectivity index (χ3v) is 5.09. The monoisotopic (exact) mass is 449 g/mol. The van der Waals surface area contributed by atoms with E-state index in [1.807, 2.05) is 30.5 Å². The van der Waals surface area contributed by atoms with E-state index < -0.39 is 0 Å². The van der Waals surface area contributed by atoms with E-state index in [1.165, 1.54) is 6.21 Å². The van der Waals surface area contributed by atoms with Gasteiger partial charge in [-0.1, -0.05) is 13.8 Å². The maximum Gasteiger partial charge on any atom is 0.154 e. The van der Waals surface area contributed by atoms with E-state index >= 15 is 0 Å². The molecule has 0 aliphatic carbocycles. The molecule has 0 atom stereocenters. The van der Waals surface area contributed by atoms with Gasteiger partial charge in [0.15, 0.2) is 5.82 Å². The predicted octanol–water partition coefficient (Wildman–Crippen LogP) is 3.78. The molecule has 0 aliphatic heterocycles. The molecule has 3 aromatic heterocycles. The van der Waals surface area contributed by atoms with Crippen molar-refractivity contribution < 1.29 is 9.47 Å². The minimum absolute atomic E-state index is 0.213. The van der Waals surface area contributed by atoms with Gasteiger partial charge in [0, 0.05) is 56.4 Å². The molecule has 3 heterocycles. The Balaban J connectivity index is 1.78. The van der Waals surface area contributed by atoms with E-state index in [1.54, 1.807) is 26.6 Å². The summed E-state index contributed by atoms with van der Waals surface area (Å²) in [5, 5.41) is 22.5. The van der Waals surface area contributed by atoms with Crippen LogP contribution in [0.4, 0.5) is 11.6 Å². The maximum atomic E-state index is 7.84. The normalized spacial score (nSPS) is 11.9. The Morgan fingerprint density at radius 2 is 1.85 bits per heavy atom. The molecule has 0 amide bonds. The number of pyridine rings is 2. The van der Waals surface area contributed by atoms with Crippen LogP contribution in [0.1, 0.15) is 30.9 Å².